The van der Waals surface area contributed by atoms with E-state index in [9.17, 15) is 4.79 Å². The van der Waals surface area contributed by atoms with Crippen molar-refractivity contribution < 1.29 is 9.53 Å². The van der Waals surface area contributed by atoms with E-state index < -0.39 is 0 Å². The Morgan fingerprint density at radius 1 is 1.25 bits per heavy atom. The molecule has 2 aromatic carbocycles. The maximum Gasteiger partial charge on any atom is 0.262 e. The molecule has 5 heteroatoms. The van der Waals surface area contributed by atoms with E-state index in [1.165, 1.54) is 0 Å². The van der Waals surface area contributed by atoms with Gasteiger partial charge in [-0.05, 0) is 87.4 Å². The van der Waals surface area contributed by atoms with Crippen LogP contribution in [0.3, 0.4) is 0 Å². The maximum atomic E-state index is 11.8. The van der Waals surface area contributed by atoms with E-state index in [-0.39, 0.29) is 12.5 Å². The lowest BCUT2D eigenvalue weighted by molar-refractivity contribution is -0.118. The van der Waals surface area contributed by atoms with Crippen LogP contribution in [0.1, 0.15) is 5.56 Å². The van der Waals surface area contributed by atoms with E-state index >= 15 is 0 Å². The normalized spacial score (nSPS) is 10.2. The van der Waals surface area contributed by atoms with Crippen molar-refractivity contribution in [2.45, 2.75) is 6.92 Å². The Bertz CT molecular complexity index is 614. The molecule has 0 atom stereocenters. The van der Waals surface area contributed by atoms with Gasteiger partial charge in [0.2, 0.25) is 0 Å². The van der Waals surface area contributed by atoms with Crippen molar-refractivity contribution in [1.29, 1.82) is 0 Å². The molecule has 0 bridgehead atoms. The number of hydrogen-bond acceptors (Lipinski definition) is 2. The molecule has 0 aliphatic heterocycles. The van der Waals surface area contributed by atoms with Crippen LogP contribution in [0.25, 0.3) is 0 Å². The quantitative estimate of drug-likeness (QED) is 0.709. The predicted molar refractivity (Wildman–Crippen MR) is 92.2 cm³/mol. The van der Waals surface area contributed by atoms with Gasteiger partial charge in [0, 0.05) is 9.26 Å². The fourth-order valence-corrected chi connectivity index (χ4v) is 2.56. The molecule has 104 valence electrons. The third-order valence-corrected chi connectivity index (χ3v) is 3.91. The van der Waals surface area contributed by atoms with Gasteiger partial charge in [-0.1, -0.05) is 6.07 Å². The summed E-state index contributed by atoms with van der Waals surface area (Å²) in [6.45, 7) is 1.98. The zero-order valence-corrected chi connectivity index (χ0v) is 14.6. The summed E-state index contributed by atoms with van der Waals surface area (Å²) in [5, 5.41) is 2.79. The summed E-state index contributed by atoms with van der Waals surface area (Å²) in [6.07, 6.45) is 0. The molecule has 1 N–H and O–H groups in total. The molecule has 0 aliphatic rings. The lowest BCUT2D eigenvalue weighted by Crippen LogP contribution is -2.20. The van der Waals surface area contributed by atoms with Crippen molar-refractivity contribution in [3.8, 4) is 5.75 Å². The molecule has 2 rings (SSSR count). The van der Waals surface area contributed by atoms with Gasteiger partial charge in [-0.3, -0.25) is 4.79 Å². The molecule has 0 saturated carbocycles. The van der Waals surface area contributed by atoms with Crippen LogP contribution in [0.2, 0.25) is 0 Å². The van der Waals surface area contributed by atoms with E-state index in [4.69, 9.17) is 4.74 Å². The summed E-state index contributed by atoms with van der Waals surface area (Å²) >= 11 is 5.63. The fourth-order valence-electron chi connectivity index (χ4n) is 1.60. The minimum atomic E-state index is -0.182. The number of amides is 1. The van der Waals surface area contributed by atoms with E-state index in [1.807, 2.05) is 49.4 Å². The molecule has 0 radical (unpaired) electrons. The first kappa shape index (κ1) is 15.3. The van der Waals surface area contributed by atoms with Crippen LogP contribution in [-0.2, 0) is 4.79 Å². The topological polar surface area (TPSA) is 38.3 Å². The number of benzene rings is 2. The van der Waals surface area contributed by atoms with E-state index in [0.29, 0.717) is 5.75 Å². The number of carbonyl (C=O) groups is 1. The van der Waals surface area contributed by atoms with Crippen molar-refractivity contribution >= 4 is 50.1 Å². The van der Waals surface area contributed by atoms with Crippen molar-refractivity contribution in [3.05, 3.63) is 56.1 Å². The number of carbonyl (C=O) groups excluding carboxylic acids is 1. The number of halogens is 2. The number of nitrogens with one attached hydrogen (secondary N) is 1. The highest BCUT2D eigenvalue weighted by Crippen LogP contribution is 2.25. The molecular weight excluding hydrogens is 433 g/mol. The maximum absolute atomic E-state index is 11.8. The molecule has 3 nitrogen and oxygen atoms in total. The van der Waals surface area contributed by atoms with Crippen LogP contribution < -0.4 is 10.1 Å². The highest BCUT2D eigenvalue weighted by atomic mass is 127. The Morgan fingerprint density at radius 2 is 1.95 bits per heavy atom. The first-order valence-electron chi connectivity index (χ1n) is 5.99. The molecule has 0 saturated heterocycles. The Hall–Kier alpha value is -1.08. The number of ether oxygens (including phenoxy) is 1. The van der Waals surface area contributed by atoms with Crippen molar-refractivity contribution in [1.82, 2.24) is 0 Å². The summed E-state index contributed by atoms with van der Waals surface area (Å²) in [6, 6.07) is 13.3. The zero-order chi connectivity index (χ0) is 14.5. The largest absolute Gasteiger partial charge is 0.483 e. The standard InChI is InChI=1S/C15H13BrINO2/c1-10-2-7-14(13(16)8-10)20-9-15(19)18-12-5-3-11(17)4-6-12/h2-8H,9H2,1H3,(H,18,19). The Labute approximate surface area is 140 Å². The highest BCUT2D eigenvalue weighted by Gasteiger charge is 2.06. The summed E-state index contributed by atoms with van der Waals surface area (Å²) in [4.78, 5) is 11.8. The van der Waals surface area contributed by atoms with Crippen LogP contribution in [-0.4, -0.2) is 12.5 Å². The third-order valence-electron chi connectivity index (χ3n) is 2.57. The first-order valence-corrected chi connectivity index (χ1v) is 7.86. The molecule has 0 unspecified atom stereocenters. The summed E-state index contributed by atoms with van der Waals surface area (Å²) in [7, 11) is 0. The molecule has 20 heavy (non-hydrogen) atoms. The van der Waals surface area contributed by atoms with Gasteiger partial charge in [-0.2, -0.15) is 0 Å². The predicted octanol–water partition coefficient (Wildman–Crippen LogP) is 4.38. The minimum Gasteiger partial charge on any atom is -0.483 e. The number of aryl methyl sites for hydroxylation is 1. The van der Waals surface area contributed by atoms with Gasteiger partial charge in [0.05, 0.1) is 4.47 Å². The Morgan fingerprint density at radius 3 is 2.60 bits per heavy atom. The van der Waals surface area contributed by atoms with Crippen LogP contribution in [0, 0.1) is 10.5 Å². The fraction of sp³-hybridized carbons (Fsp3) is 0.133. The zero-order valence-electron chi connectivity index (χ0n) is 10.8. The van der Waals surface area contributed by atoms with Gasteiger partial charge in [0.15, 0.2) is 6.61 Å². The van der Waals surface area contributed by atoms with E-state index in [1.54, 1.807) is 0 Å². The summed E-state index contributed by atoms with van der Waals surface area (Å²) < 4.78 is 7.46. The second-order valence-electron chi connectivity index (χ2n) is 4.28. The van der Waals surface area contributed by atoms with Crippen molar-refractivity contribution in [2.24, 2.45) is 0 Å². The van der Waals surface area contributed by atoms with Gasteiger partial charge >= 0.3 is 0 Å². The monoisotopic (exact) mass is 445 g/mol. The smallest absolute Gasteiger partial charge is 0.262 e. The third kappa shape index (κ3) is 4.49. The van der Waals surface area contributed by atoms with Gasteiger partial charge in [-0.25, -0.2) is 0 Å². The van der Waals surface area contributed by atoms with E-state index in [2.05, 4.69) is 43.8 Å². The van der Waals surface area contributed by atoms with Crippen molar-refractivity contribution in [2.75, 3.05) is 11.9 Å². The molecule has 0 fully saturated rings. The second kappa shape index (κ2) is 7.08. The molecule has 0 aliphatic carbocycles. The minimum absolute atomic E-state index is 0.0202. The van der Waals surface area contributed by atoms with Crippen LogP contribution >= 0.6 is 38.5 Å². The Balaban J connectivity index is 1.90. The van der Waals surface area contributed by atoms with Gasteiger partial charge in [0.25, 0.3) is 5.91 Å². The lowest BCUT2D eigenvalue weighted by Gasteiger charge is -2.09. The number of hydrogen-bond donors (Lipinski definition) is 1. The van der Waals surface area contributed by atoms with Crippen molar-refractivity contribution in [3.63, 3.8) is 0 Å². The SMILES string of the molecule is Cc1ccc(OCC(=O)Nc2ccc(I)cc2)c(Br)c1. The molecular formula is C15H13BrINO2. The summed E-state index contributed by atoms with van der Waals surface area (Å²) in [5.41, 5.74) is 1.90. The average Bonchev–Trinajstić information content (AvgIpc) is 2.40. The van der Waals surface area contributed by atoms with E-state index in [0.717, 1.165) is 19.3 Å². The second-order valence-corrected chi connectivity index (χ2v) is 6.38. The molecule has 0 heterocycles. The average molecular weight is 446 g/mol. The molecule has 0 aromatic heterocycles. The molecule has 1 amide bonds. The highest BCUT2D eigenvalue weighted by molar-refractivity contribution is 14.1. The van der Waals surface area contributed by atoms with Crippen LogP contribution in [0.4, 0.5) is 5.69 Å². The first-order chi connectivity index (χ1) is 9.54. The Kier molecular flexibility index (Phi) is 5.42. The summed E-state index contributed by atoms with van der Waals surface area (Å²) in [5.74, 6) is 0.479. The van der Waals surface area contributed by atoms with Gasteiger partial charge in [0.1, 0.15) is 5.75 Å². The van der Waals surface area contributed by atoms with Crippen LogP contribution in [0.15, 0.2) is 46.9 Å². The number of rotatable bonds is 4. The number of anilines is 1. The molecule has 0 spiro atoms. The van der Waals surface area contributed by atoms with Crippen LogP contribution in [0.5, 0.6) is 5.75 Å². The lowest BCUT2D eigenvalue weighted by atomic mass is 10.2. The molecule has 2 aromatic rings. The van der Waals surface area contributed by atoms with Gasteiger partial charge in [-0.15, -0.1) is 0 Å². The van der Waals surface area contributed by atoms with Gasteiger partial charge < -0.3 is 10.1 Å².